The molecule has 1 fully saturated rings. The van der Waals surface area contributed by atoms with Gasteiger partial charge in [0.05, 0.1) is 6.42 Å². The minimum atomic E-state index is -0.649. The van der Waals surface area contributed by atoms with Gasteiger partial charge in [0.25, 0.3) is 5.91 Å². The van der Waals surface area contributed by atoms with Gasteiger partial charge in [-0.15, -0.1) is 0 Å². The first-order valence-corrected chi connectivity index (χ1v) is 6.47. The Bertz CT molecular complexity index is 456. The number of amides is 1. The molecule has 0 radical (unpaired) electrons. The minimum absolute atomic E-state index is 0.157. The quantitative estimate of drug-likeness (QED) is 0.629. The molecule has 1 atom stereocenters. The minimum Gasteiger partial charge on any atom is -0.452 e. The third-order valence-corrected chi connectivity index (χ3v) is 3.09. The summed E-state index contributed by atoms with van der Waals surface area (Å²) in [6, 6.07) is 7.04. The highest BCUT2D eigenvalue weighted by Crippen LogP contribution is 2.12. The molecule has 0 saturated carbocycles. The summed E-state index contributed by atoms with van der Waals surface area (Å²) >= 11 is 0. The number of carbonyl (C=O) groups excluding carboxylic acids is 2. The third-order valence-electron chi connectivity index (χ3n) is 3.09. The zero-order chi connectivity index (χ0) is 13.7. The maximum Gasteiger partial charge on any atom is 0.311 e. The fourth-order valence-corrected chi connectivity index (χ4v) is 2.03. The zero-order valence-corrected chi connectivity index (χ0v) is 10.7. The number of ether oxygens (including phenoxy) is 1. The lowest BCUT2D eigenvalue weighted by Crippen LogP contribution is -2.36. The Labute approximate surface area is 112 Å². The van der Waals surface area contributed by atoms with Gasteiger partial charge in [0.2, 0.25) is 0 Å². The molecule has 102 valence electrons. The van der Waals surface area contributed by atoms with Crippen molar-refractivity contribution >= 4 is 17.6 Å². The summed E-state index contributed by atoms with van der Waals surface area (Å²) < 4.78 is 5.24. The second-order valence-corrected chi connectivity index (χ2v) is 4.68. The first-order chi connectivity index (χ1) is 9.15. The number of rotatable bonds is 3. The molecular formula is C14H18N2O3. The largest absolute Gasteiger partial charge is 0.452 e. The van der Waals surface area contributed by atoms with Gasteiger partial charge in [-0.1, -0.05) is 12.1 Å². The molecule has 0 spiro atoms. The predicted octanol–water partition coefficient (Wildman–Crippen LogP) is 1.02. The topological polar surface area (TPSA) is 81.4 Å². The molecule has 1 aromatic carbocycles. The van der Waals surface area contributed by atoms with Crippen LogP contribution in [0, 0.1) is 0 Å². The molecule has 3 N–H and O–H groups in total. The number of carbonyl (C=O) groups is 2. The normalized spacial score (nSPS) is 19.4. The van der Waals surface area contributed by atoms with E-state index >= 15 is 0 Å². The second kappa shape index (κ2) is 6.22. The van der Waals surface area contributed by atoms with Gasteiger partial charge >= 0.3 is 5.97 Å². The van der Waals surface area contributed by atoms with Crippen LogP contribution in [0.2, 0.25) is 0 Å². The molecule has 1 unspecified atom stereocenters. The number of nitrogen functional groups attached to an aromatic ring is 1. The summed E-state index contributed by atoms with van der Waals surface area (Å²) in [5.74, 6) is -0.574. The molecular weight excluding hydrogens is 244 g/mol. The van der Waals surface area contributed by atoms with Gasteiger partial charge in [0.1, 0.15) is 0 Å². The van der Waals surface area contributed by atoms with Gasteiger partial charge in [-0.05, 0) is 37.0 Å². The van der Waals surface area contributed by atoms with Crippen LogP contribution in [0.5, 0.6) is 0 Å². The van der Waals surface area contributed by atoms with E-state index in [1.54, 1.807) is 24.3 Å². The van der Waals surface area contributed by atoms with Crippen molar-refractivity contribution in [1.82, 2.24) is 5.32 Å². The maximum absolute atomic E-state index is 11.8. The lowest BCUT2D eigenvalue weighted by Gasteiger charge is -2.14. The van der Waals surface area contributed by atoms with Crippen LogP contribution in [0.15, 0.2) is 24.3 Å². The summed E-state index contributed by atoms with van der Waals surface area (Å²) in [5.41, 5.74) is 7.05. The fraction of sp³-hybridized carbons (Fsp3) is 0.429. The summed E-state index contributed by atoms with van der Waals surface area (Å²) in [6.07, 6.45) is 1.92. The van der Waals surface area contributed by atoms with Crippen molar-refractivity contribution in [2.45, 2.75) is 31.8 Å². The molecule has 2 rings (SSSR count). The van der Waals surface area contributed by atoms with E-state index in [4.69, 9.17) is 10.5 Å². The monoisotopic (exact) mass is 262 g/mol. The van der Waals surface area contributed by atoms with Crippen LogP contribution in [0.4, 0.5) is 5.69 Å². The van der Waals surface area contributed by atoms with Gasteiger partial charge in [0, 0.05) is 12.2 Å². The molecule has 1 aromatic rings. The number of hydrogen-bond acceptors (Lipinski definition) is 4. The highest BCUT2D eigenvalue weighted by Gasteiger charge is 2.24. The Morgan fingerprint density at radius 2 is 2.05 bits per heavy atom. The van der Waals surface area contributed by atoms with E-state index in [1.807, 2.05) is 0 Å². The molecule has 0 bridgehead atoms. The fourth-order valence-electron chi connectivity index (χ4n) is 2.03. The van der Waals surface area contributed by atoms with Crippen molar-refractivity contribution in [3.8, 4) is 0 Å². The Kier molecular flexibility index (Phi) is 4.39. The van der Waals surface area contributed by atoms with Crippen molar-refractivity contribution in [2.75, 3.05) is 12.3 Å². The summed E-state index contributed by atoms with van der Waals surface area (Å²) in [6.45, 7) is 0.658. The maximum atomic E-state index is 11.8. The van der Waals surface area contributed by atoms with Crippen LogP contribution in [-0.2, 0) is 20.7 Å². The van der Waals surface area contributed by atoms with E-state index < -0.39 is 6.10 Å². The average molecular weight is 262 g/mol. The number of hydrogen-bond donors (Lipinski definition) is 2. The Morgan fingerprint density at radius 1 is 1.32 bits per heavy atom. The average Bonchev–Trinajstić information content (AvgIpc) is 2.58. The highest BCUT2D eigenvalue weighted by atomic mass is 16.5. The van der Waals surface area contributed by atoms with Gasteiger partial charge in [0.15, 0.2) is 6.10 Å². The molecule has 1 aliphatic heterocycles. The van der Waals surface area contributed by atoms with Crippen LogP contribution in [0.3, 0.4) is 0 Å². The standard InChI is InChI=1S/C14H18N2O3/c15-11-6-4-10(5-7-11)9-13(17)19-12-3-1-2-8-16-14(12)18/h4-7,12H,1-3,8-9,15H2,(H,16,18). The molecule has 0 aliphatic carbocycles. The van der Waals surface area contributed by atoms with Gasteiger partial charge < -0.3 is 15.8 Å². The zero-order valence-electron chi connectivity index (χ0n) is 10.7. The van der Waals surface area contributed by atoms with Crippen molar-refractivity contribution in [1.29, 1.82) is 0 Å². The van der Waals surface area contributed by atoms with Crippen LogP contribution >= 0.6 is 0 Å². The van der Waals surface area contributed by atoms with Gasteiger partial charge in [-0.2, -0.15) is 0 Å². The van der Waals surface area contributed by atoms with Crippen LogP contribution in [0.25, 0.3) is 0 Å². The molecule has 19 heavy (non-hydrogen) atoms. The molecule has 1 amide bonds. The first-order valence-electron chi connectivity index (χ1n) is 6.47. The summed E-state index contributed by atoms with van der Waals surface area (Å²) in [5, 5.41) is 2.74. The Morgan fingerprint density at radius 3 is 2.79 bits per heavy atom. The number of benzene rings is 1. The van der Waals surface area contributed by atoms with Gasteiger partial charge in [-0.25, -0.2) is 0 Å². The van der Waals surface area contributed by atoms with E-state index in [9.17, 15) is 9.59 Å². The lowest BCUT2D eigenvalue weighted by atomic mass is 10.1. The number of esters is 1. The van der Waals surface area contributed by atoms with Crippen LogP contribution in [0.1, 0.15) is 24.8 Å². The van der Waals surface area contributed by atoms with Crippen LogP contribution in [-0.4, -0.2) is 24.5 Å². The van der Waals surface area contributed by atoms with Crippen molar-refractivity contribution in [3.63, 3.8) is 0 Å². The molecule has 5 nitrogen and oxygen atoms in total. The van der Waals surface area contributed by atoms with Crippen LogP contribution < -0.4 is 11.1 Å². The molecule has 1 heterocycles. The summed E-state index contributed by atoms with van der Waals surface area (Å²) in [7, 11) is 0. The molecule has 1 saturated heterocycles. The summed E-state index contributed by atoms with van der Waals surface area (Å²) in [4.78, 5) is 23.4. The smallest absolute Gasteiger partial charge is 0.311 e. The van der Waals surface area contributed by atoms with E-state index in [0.29, 0.717) is 18.7 Å². The first kappa shape index (κ1) is 13.4. The third kappa shape index (κ3) is 3.98. The Hall–Kier alpha value is -2.04. The second-order valence-electron chi connectivity index (χ2n) is 4.68. The highest BCUT2D eigenvalue weighted by molar-refractivity contribution is 5.84. The molecule has 1 aliphatic rings. The van der Waals surface area contributed by atoms with Crippen molar-refractivity contribution in [2.24, 2.45) is 0 Å². The SMILES string of the molecule is Nc1ccc(CC(=O)OC2CCCCNC2=O)cc1. The molecule has 0 aromatic heterocycles. The van der Waals surface area contributed by atoms with Gasteiger partial charge in [-0.3, -0.25) is 9.59 Å². The number of nitrogens with two attached hydrogens (primary N) is 1. The van der Waals surface area contributed by atoms with E-state index in [-0.39, 0.29) is 18.3 Å². The van der Waals surface area contributed by atoms with E-state index in [0.717, 1.165) is 18.4 Å². The lowest BCUT2D eigenvalue weighted by molar-refractivity contribution is -0.155. The van der Waals surface area contributed by atoms with Crippen molar-refractivity contribution in [3.05, 3.63) is 29.8 Å². The van der Waals surface area contributed by atoms with E-state index in [1.165, 1.54) is 0 Å². The number of nitrogens with one attached hydrogen (secondary N) is 1. The Balaban J connectivity index is 1.89. The van der Waals surface area contributed by atoms with E-state index in [2.05, 4.69) is 5.32 Å². The number of anilines is 1. The van der Waals surface area contributed by atoms with Crippen molar-refractivity contribution < 1.29 is 14.3 Å². The predicted molar refractivity (Wildman–Crippen MR) is 71.3 cm³/mol. The molecule has 5 heteroatoms.